The van der Waals surface area contributed by atoms with Crippen LogP contribution in [-0.4, -0.2) is 19.5 Å². The number of carbonyl (C=O) groups excluding carboxylic acids is 1. The monoisotopic (exact) mass is 322 g/mol. The Balaban J connectivity index is 1.95. The number of benzene rings is 1. The van der Waals surface area contributed by atoms with Crippen molar-refractivity contribution in [1.82, 2.24) is 0 Å². The van der Waals surface area contributed by atoms with Gasteiger partial charge in [-0.3, -0.25) is 4.79 Å². The van der Waals surface area contributed by atoms with E-state index in [0.717, 1.165) is 46.6 Å². The van der Waals surface area contributed by atoms with Crippen molar-refractivity contribution in [2.45, 2.75) is 38.0 Å². The van der Waals surface area contributed by atoms with Crippen LogP contribution in [0.25, 0.3) is 0 Å². The summed E-state index contributed by atoms with van der Waals surface area (Å²) in [4.78, 5) is 13.2. The third-order valence-corrected chi connectivity index (χ3v) is 5.52. The number of rotatable bonds is 2. The Labute approximate surface area is 142 Å². The molecule has 0 amide bonds. The Kier molecular flexibility index (Phi) is 3.60. The number of carbonyl (C=O) groups is 1. The zero-order chi connectivity index (χ0) is 16.7. The molecule has 0 unspecified atom stereocenters. The molecule has 0 atom stereocenters. The Morgan fingerprint density at radius 1 is 1.25 bits per heavy atom. The highest BCUT2D eigenvalue weighted by Gasteiger charge is 2.51. The lowest BCUT2D eigenvalue weighted by atomic mass is 9.68. The quantitative estimate of drug-likeness (QED) is 0.805. The molecule has 0 radical (unpaired) electrons. The van der Waals surface area contributed by atoms with Crippen molar-refractivity contribution in [3.63, 3.8) is 0 Å². The summed E-state index contributed by atoms with van der Waals surface area (Å²) >= 11 is 0. The molecule has 124 valence electrons. The van der Waals surface area contributed by atoms with Crippen molar-refractivity contribution < 1.29 is 14.3 Å². The molecule has 2 aliphatic carbocycles. The number of methoxy groups -OCH3 is 1. The van der Waals surface area contributed by atoms with Crippen LogP contribution in [0.5, 0.6) is 5.75 Å². The van der Waals surface area contributed by atoms with Crippen LogP contribution < -0.4 is 4.74 Å². The maximum atomic E-state index is 13.2. The number of ether oxygens (including phenoxy) is 2. The SMILES string of the molecule is C/C=C\C=C1/COC2=C1C(=O)c1ccc(OC)cc1C21CCCC1. The molecule has 3 nitrogen and oxygen atoms in total. The zero-order valence-electron chi connectivity index (χ0n) is 14.2. The number of allylic oxidation sites excluding steroid dienone is 4. The molecule has 1 heterocycles. The second-order valence-electron chi connectivity index (χ2n) is 6.74. The molecule has 0 aromatic heterocycles. The minimum absolute atomic E-state index is 0.0911. The topological polar surface area (TPSA) is 35.5 Å². The molecule has 1 fully saturated rings. The van der Waals surface area contributed by atoms with E-state index >= 15 is 0 Å². The molecular formula is C21H22O3. The van der Waals surface area contributed by atoms with Crippen molar-refractivity contribution in [3.05, 3.63) is 64.5 Å². The Bertz CT molecular complexity index is 789. The predicted octanol–water partition coefficient (Wildman–Crippen LogP) is 4.49. The van der Waals surface area contributed by atoms with Crippen molar-refractivity contribution in [1.29, 1.82) is 0 Å². The van der Waals surface area contributed by atoms with Crippen LogP contribution in [0.4, 0.5) is 0 Å². The largest absolute Gasteiger partial charge is 0.497 e. The summed E-state index contributed by atoms with van der Waals surface area (Å²) in [5.41, 5.74) is 3.55. The van der Waals surface area contributed by atoms with Crippen molar-refractivity contribution in [2.24, 2.45) is 0 Å². The standard InChI is InChI=1S/C21H22O3/c1-3-4-7-14-13-24-20-18(14)19(22)16-9-8-15(23-2)12-17(16)21(20)10-5-6-11-21/h3-4,7-9,12H,5-6,10-11,13H2,1-2H3/b4-3-,14-7+. The highest BCUT2D eigenvalue weighted by Crippen LogP contribution is 2.55. The van der Waals surface area contributed by atoms with E-state index in [1.807, 2.05) is 43.4 Å². The van der Waals surface area contributed by atoms with E-state index in [2.05, 4.69) is 0 Å². The average molecular weight is 322 g/mol. The lowest BCUT2D eigenvalue weighted by molar-refractivity contribution is 0.102. The van der Waals surface area contributed by atoms with Gasteiger partial charge in [0.1, 0.15) is 18.1 Å². The van der Waals surface area contributed by atoms with Gasteiger partial charge in [-0.05, 0) is 43.5 Å². The summed E-state index contributed by atoms with van der Waals surface area (Å²) in [5.74, 6) is 1.80. The highest BCUT2D eigenvalue weighted by molar-refractivity contribution is 6.15. The van der Waals surface area contributed by atoms with Crippen molar-refractivity contribution in [3.8, 4) is 5.75 Å². The minimum atomic E-state index is -0.154. The fourth-order valence-corrected chi connectivity index (χ4v) is 4.39. The number of fused-ring (bicyclic) bond motifs is 3. The Morgan fingerprint density at radius 3 is 2.75 bits per heavy atom. The molecule has 1 aromatic carbocycles. The van der Waals surface area contributed by atoms with Gasteiger partial charge in [0, 0.05) is 11.1 Å². The van der Waals surface area contributed by atoms with Gasteiger partial charge in [-0.15, -0.1) is 0 Å². The fourth-order valence-electron chi connectivity index (χ4n) is 4.39. The zero-order valence-corrected chi connectivity index (χ0v) is 14.2. The van der Waals surface area contributed by atoms with E-state index in [-0.39, 0.29) is 11.2 Å². The first-order valence-electron chi connectivity index (χ1n) is 8.64. The minimum Gasteiger partial charge on any atom is -0.497 e. The van der Waals surface area contributed by atoms with Gasteiger partial charge in [-0.1, -0.05) is 31.1 Å². The number of Topliss-reactive ketones (excluding diaryl/α,β-unsaturated/α-hetero) is 1. The Morgan fingerprint density at radius 2 is 2.04 bits per heavy atom. The van der Waals surface area contributed by atoms with E-state index in [0.29, 0.717) is 6.61 Å². The summed E-state index contributed by atoms with van der Waals surface area (Å²) < 4.78 is 11.5. The first-order valence-corrected chi connectivity index (χ1v) is 8.64. The molecule has 1 aromatic rings. The van der Waals surface area contributed by atoms with Gasteiger partial charge < -0.3 is 9.47 Å². The van der Waals surface area contributed by atoms with E-state index in [9.17, 15) is 4.79 Å². The van der Waals surface area contributed by atoms with Gasteiger partial charge in [0.05, 0.1) is 18.1 Å². The van der Waals surface area contributed by atoms with Gasteiger partial charge >= 0.3 is 0 Å². The van der Waals surface area contributed by atoms with E-state index in [1.165, 1.54) is 12.8 Å². The summed E-state index contributed by atoms with van der Waals surface area (Å²) in [7, 11) is 1.67. The van der Waals surface area contributed by atoms with Crippen LogP contribution in [0.15, 0.2) is 53.3 Å². The van der Waals surface area contributed by atoms with Crippen LogP contribution in [0.1, 0.15) is 48.5 Å². The van der Waals surface area contributed by atoms with E-state index < -0.39 is 0 Å². The van der Waals surface area contributed by atoms with Crippen molar-refractivity contribution >= 4 is 5.78 Å². The summed E-state index contributed by atoms with van der Waals surface area (Å²) in [5, 5.41) is 0. The number of ketones is 1. The van der Waals surface area contributed by atoms with Crippen molar-refractivity contribution in [2.75, 3.05) is 13.7 Å². The van der Waals surface area contributed by atoms with Gasteiger partial charge in [0.15, 0.2) is 5.78 Å². The van der Waals surface area contributed by atoms with Gasteiger partial charge in [0.2, 0.25) is 0 Å². The van der Waals surface area contributed by atoms with Crippen LogP contribution in [0.2, 0.25) is 0 Å². The second-order valence-corrected chi connectivity index (χ2v) is 6.74. The highest BCUT2D eigenvalue weighted by atomic mass is 16.5. The maximum absolute atomic E-state index is 13.2. The first-order chi connectivity index (χ1) is 11.7. The molecule has 4 rings (SSSR count). The lowest BCUT2D eigenvalue weighted by Crippen LogP contribution is -2.33. The molecule has 0 bridgehead atoms. The normalized spacial score (nSPS) is 23.1. The van der Waals surface area contributed by atoms with Gasteiger partial charge in [-0.25, -0.2) is 0 Å². The molecule has 0 saturated heterocycles. The van der Waals surface area contributed by atoms with Crippen LogP contribution in [-0.2, 0) is 10.2 Å². The molecule has 1 spiro atoms. The molecule has 3 aliphatic rings. The molecule has 0 N–H and O–H groups in total. The van der Waals surface area contributed by atoms with Gasteiger partial charge in [-0.2, -0.15) is 0 Å². The molecule has 1 aliphatic heterocycles. The summed E-state index contributed by atoms with van der Waals surface area (Å²) in [6, 6.07) is 5.85. The average Bonchev–Trinajstić information content (AvgIpc) is 3.25. The lowest BCUT2D eigenvalue weighted by Gasteiger charge is -2.35. The summed E-state index contributed by atoms with van der Waals surface area (Å²) in [6.07, 6.45) is 10.4. The molecular weight excluding hydrogens is 300 g/mol. The predicted molar refractivity (Wildman–Crippen MR) is 93.3 cm³/mol. The van der Waals surface area contributed by atoms with Crippen LogP contribution in [0.3, 0.4) is 0 Å². The third-order valence-electron chi connectivity index (χ3n) is 5.52. The fraction of sp³-hybridized carbons (Fsp3) is 0.381. The Hall–Kier alpha value is -2.29. The smallest absolute Gasteiger partial charge is 0.197 e. The number of hydrogen-bond donors (Lipinski definition) is 0. The van der Waals surface area contributed by atoms with Crippen LogP contribution >= 0.6 is 0 Å². The van der Waals surface area contributed by atoms with Gasteiger partial charge in [0.25, 0.3) is 0 Å². The van der Waals surface area contributed by atoms with E-state index in [1.54, 1.807) is 7.11 Å². The third kappa shape index (κ3) is 2.00. The molecule has 3 heteroatoms. The second kappa shape index (κ2) is 5.66. The molecule has 24 heavy (non-hydrogen) atoms. The van der Waals surface area contributed by atoms with E-state index in [4.69, 9.17) is 9.47 Å². The number of hydrogen-bond acceptors (Lipinski definition) is 3. The van der Waals surface area contributed by atoms with Crippen LogP contribution in [0, 0.1) is 0 Å². The first kappa shape index (κ1) is 15.3. The maximum Gasteiger partial charge on any atom is 0.197 e. The summed E-state index contributed by atoms with van der Waals surface area (Å²) in [6.45, 7) is 2.47. The molecule has 1 saturated carbocycles.